The van der Waals surface area contributed by atoms with E-state index < -0.39 is 0 Å². The Balaban J connectivity index is 0.00000169. The molecular weight excluding hydrogens is 511 g/mol. The molecule has 0 fully saturated rings. The van der Waals surface area contributed by atoms with Gasteiger partial charge in [-0.2, -0.15) is 4.73 Å². The van der Waals surface area contributed by atoms with Gasteiger partial charge in [-0.15, -0.1) is 34.0 Å². The van der Waals surface area contributed by atoms with Crippen molar-refractivity contribution in [1.29, 1.82) is 0 Å². The second-order valence-corrected chi connectivity index (χ2v) is 6.08. The van der Waals surface area contributed by atoms with Crippen LogP contribution in [-0.2, 0) is 4.84 Å². The van der Waals surface area contributed by atoms with E-state index in [0.29, 0.717) is 34.8 Å². The fourth-order valence-electron chi connectivity index (χ4n) is 2.31. The van der Waals surface area contributed by atoms with Crippen LogP contribution < -0.4 is 10.0 Å². The molecular formula is C16H18Br2Cl2N4O2. The molecule has 1 atom stereocenters. The number of guanidine groups is 1. The van der Waals surface area contributed by atoms with E-state index in [1.165, 1.54) is 12.4 Å². The minimum absolute atomic E-state index is 0. The summed E-state index contributed by atoms with van der Waals surface area (Å²) in [5.74, 6) is 0.548. The highest BCUT2D eigenvalue weighted by atomic mass is 79.9. The third-order valence-electron chi connectivity index (χ3n) is 3.58. The molecule has 6 nitrogen and oxygen atoms in total. The smallest absolute Gasteiger partial charge is 0.223 e. The highest BCUT2D eigenvalue weighted by molar-refractivity contribution is 8.93. The average Bonchev–Trinajstić information content (AvgIpc) is 2.98. The number of benzene rings is 1. The Labute approximate surface area is 182 Å². The van der Waals surface area contributed by atoms with Crippen LogP contribution in [0, 0.1) is 5.21 Å². The Morgan fingerprint density at radius 1 is 1.19 bits per heavy atom. The van der Waals surface area contributed by atoms with Gasteiger partial charge in [0, 0.05) is 12.1 Å². The van der Waals surface area contributed by atoms with Gasteiger partial charge in [-0.05, 0) is 24.6 Å². The lowest BCUT2D eigenvalue weighted by Gasteiger charge is -2.24. The molecule has 0 saturated carbocycles. The first-order valence-electron chi connectivity index (χ1n) is 7.43. The first kappa shape index (κ1) is 23.0. The SMILES string of the molecule is Br.Br.CC(ON1CCN=C1Nc1c(Cl)cccc1Cl)c1cc[n+]([O-])cc1. The molecule has 142 valence electrons. The summed E-state index contributed by atoms with van der Waals surface area (Å²) in [6.45, 7) is 3.12. The molecule has 0 spiro atoms. The summed E-state index contributed by atoms with van der Waals surface area (Å²) in [5.41, 5.74) is 1.49. The molecule has 0 radical (unpaired) electrons. The zero-order valence-corrected chi connectivity index (χ0v) is 18.7. The third kappa shape index (κ3) is 5.47. The van der Waals surface area contributed by atoms with Crippen LogP contribution in [-0.4, -0.2) is 24.1 Å². The number of nitrogens with zero attached hydrogens (tertiary/aromatic N) is 3. The van der Waals surface area contributed by atoms with Crippen LogP contribution in [0.15, 0.2) is 47.7 Å². The summed E-state index contributed by atoms with van der Waals surface area (Å²) < 4.78 is 0.736. The minimum Gasteiger partial charge on any atom is -0.619 e. The molecule has 3 rings (SSSR count). The van der Waals surface area contributed by atoms with Gasteiger partial charge in [0.05, 0.1) is 28.8 Å². The largest absolute Gasteiger partial charge is 0.619 e. The second kappa shape index (κ2) is 10.3. The van der Waals surface area contributed by atoms with Crippen LogP contribution in [0.5, 0.6) is 0 Å². The standard InChI is InChI=1S/C16H16Cl2N4O2.2BrH/c1-11(12-5-8-21(23)9-6-12)24-22-10-7-19-16(22)20-15-13(17)3-2-4-14(15)18;;/h2-6,8-9,11H,7,10H2,1H3,(H,19,20);2*1H. The van der Waals surface area contributed by atoms with Crippen molar-refractivity contribution in [3.05, 3.63) is 63.5 Å². The van der Waals surface area contributed by atoms with E-state index in [9.17, 15) is 5.21 Å². The maximum atomic E-state index is 11.1. The molecule has 0 amide bonds. The number of hydrogen-bond donors (Lipinski definition) is 1. The van der Waals surface area contributed by atoms with Gasteiger partial charge in [-0.25, -0.2) is 10.1 Å². The highest BCUT2D eigenvalue weighted by Gasteiger charge is 2.23. The second-order valence-electron chi connectivity index (χ2n) is 5.27. The van der Waals surface area contributed by atoms with Crippen molar-refractivity contribution in [2.75, 3.05) is 18.4 Å². The Morgan fingerprint density at radius 3 is 2.42 bits per heavy atom. The van der Waals surface area contributed by atoms with Crippen LogP contribution in [0.3, 0.4) is 0 Å². The normalized spacial score (nSPS) is 14.1. The molecule has 1 aromatic carbocycles. The minimum atomic E-state index is -0.238. The lowest BCUT2D eigenvalue weighted by atomic mass is 10.2. The van der Waals surface area contributed by atoms with Crippen molar-refractivity contribution in [1.82, 2.24) is 5.06 Å². The zero-order chi connectivity index (χ0) is 17.1. The predicted octanol–water partition coefficient (Wildman–Crippen LogP) is 4.56. The van der Waals surface area contributed by atoms with Crippen LogP contribution in [0.1, 0.15) is 18.6 Å². The average molecular weight is 529 g/mol. The maximum Gasteiger partial charge on any atom is 0.223 e. The first-order valence-corrected chi connectivity index (χ1v) is 8.18. The predicted molar refractivity (Wildman–Crippen MR) is 115 cm³/mol. The van der Waals surface area contributed by atoms with Crippen molar-refractivity contribution < 1.29 is 9.57 Å². The number of nitrogens with one attached hydrogen (secondary N) is 1. The fraction of sp³-hybridized carbons (Fsp3) is 0.250. The Morgan fingerprint density at radius 2 is 1.81 bits per heavy atom. The Hall–Kier alpha value is -1.06. The van der Waals surface area contributed by atoms with Crippen LogP contribution >= 0.6 is 57.2 Å². The number of hydroxylamine groups is 2. The van der Waals surface area contributed by atoms with E-state index in [1.807, 2.05) is 6.92 Å². The summed E-state index contributed by atoms with van der Waals surface area (Å²) in [5, 5.41) is 16.9. The first-order chi connectivity index (χ1) is 11.5. The van der Waals surface area contributed by atoms with E-state index in [1.54, 1.807) is 35.4 Å². The quantitative estimate of drug-likeness (QED) is 0.467. The molecule has 10 heteroatoms. The van der Waals surface area contributed by atoms with E-state index in [0.717, 1.165) is 10.3 Å². The molecule has 2 aromatic rings. The van der Waals surface area contributed by atoms with Gasteiger partial charge in [-0.1, -0.05) is 29.3 Å². The van der Waals surface area contributed by atoms with Crippen molar-refractivity contribution >= 4 is 68.8 Å². The molecule has 1 unspecified atom stereocenters. The summed E-state index contributed by atoms with van der Waals surface area (Å²) >= 11 is 12.4. The number of anilines is 1. The summed E-state index contributed by atoms with van der Waals surface area (Å²) in [7, 11) is 0. The van der Waals surface area contributed by atoms with Gasteiger partial charge in [0.1, 0.15) is 6.10 Å². The van der Waals surface area contributed by atoms with Gasteiger partial charge in [0.25, 0.3) is 0 Å². The monoisotopic (exact) mass is 526 g/mol. The fourth-order valence-corrected chi connectivity index (χ4v) is 2.80. The zero-order valence-electron chi connectivity index (χ0n) is 13.8. The van der Waals surface area contributed by atoms with Gasteiger partial charge < -0.3 is 10.5 Å². The number of para-hydroxylation sites is 1. The third-order valence-corrected chi connectivity index (χ3v) is 4.21. The number of rotatable bonds is 4. The van der Waals surface area contributed by atoms with Crippen molar-refractivity contribution in [3.63, 3.8) is 0 Å². The number of halogens is 4. The molecule has 0 bridgehead atoms. The summed E-state index contributed by atoms with van der Waals surface area (Å²) in [6, 6.07) is 8.73. The van der Waals surface area contributed by atoms with Crippen LogP contribution in [0.2, 0.25) is 10.0 Å². The summed E-state index contributed by atoms with van der Waals surface area (Å²) in [6.07, 6.45) is 2.64. The molecule has 1 aliphatic heterocycles. The number of aromatic nitrogens is 1. The molecule has 1 aromatic heterocycles. The number of pyridine rings is 1. The van der Waals surface area contributed by atoms with Gasteiger partial charge in [-0.3, -0.25) is 4.84 Å². The van der Waals surface area contributed by atoms with Crippen LogP contribution in [0.4, 0.5) is 5.69 Å². The Kier molecular flexibility index (Phi) is 9.12. The maximum absolute atomic E-state index is 11.1. The lowest BCUT2D eigenvalue weighted by molar-refractivity contribution is -0.605. The molecule has 2 heterocycles. The lowest BCUT2D eigenvalue weighted by Crippen LogP contribution is -2.34. The van der Waals surface area contributed by atoms with E-state index >= 15 is 0 Å². The van der Waals surface area contributed by atoms with E-state index in [2.05, 4.69) is 10.3 Å². The Bertz CT molecular complexity index is 742. The van der Waals surface area contributed by atoms with Gasteiger partial charge in [0.2, 0.25) is 5.96 Å². The topological polar surface area (TPSA) is 63.8 Å². The van der Waals surface area contributed by atoms with Gasteiger partial charge >= 0.3 is 0 Å². The van der Waals surface area contributed by atoms with Crippen molar-refractivity contribution in [2.45, 2.75) is 13.0 Å². The van der Waals surface area contributed by atoms with Crippen molar-refractivity contribution in [3.8, 4) is 0 Å². The van der Waals surface area contributed by atoms with Gasteiger partial charge in [0.15, 0.2) is 12.4 Å². The molecule has 1 aliphatic rings. The number of aliphatic imine (C=N–C) groups is 1. The highest BCUT2D eigenvalue weighted by Crippen LogP contribution is 2.30. The molecule has 26 heavy (non-hydrogen) atoms. The molecule has 1 N–H and O–H groups in total. The number of hydrogen-bond acceptors (Lipinski definition) is 5. The van der Waals surface area contributed by atoms with Crippen LogP contribution in [0.25, 0.3) is 0 Å². The van der Waals surface area contributed by atoms with Crippen molar-refractivity contribution in [2.24, 2.45) is 4.99 Å². The van der Waals surface area contributed by atoms with E-state index in [-0.39, 0.29) is 40.1 Å². The van der Waals surface area contributed by atoms with E-state index in [4.69, 9.17) is 28.0 Å². The summed E-state index contributed by atoms with van der Waals surface area (Å²) in [4.78, 5) is 10.3. The molecule has 0 saturated heterocycles. The molecule has 0 aliphatic carbocycles.